The Morgan fingerprint density at radius 2 is 1.86 bits per heavy atom. The van der Waals surface area contributed by atoms with Gasteiger partial charge in [-0.15, -0.1) is 0 Å². The summed E-state index contributed by atoms with van der Waals surface area (Å²) >= 11 is 0. The number of rotatable bonds is 9. The molecule has 1 saturated heterocycles. The van der Waals surface area contributed by atoms with Crippen LogP contribution in [0.25, 0.3) is 0 Å². The van der Waals surface area contributed by atoms with Crippen LogP contribution in [0.4, 0.5) is 4.79 Å². The van der Waals surface area contributed by atoms with Gasteiger partial charge in [0.05, 0.1) is 13.2 Å². The number of nitrogens with zero attached hydrogens (tertiary/aromatic N) is 2. The molecule has 2 amide bonds. The Kier molecular flexibility index (Phi) is 8.07. The molecule has 0 spiro atoms. The molecule has 21 heavy (non-hydrogen) atoms. The van der Waals surface area contributed by atoms with E-state index in [1.165, 1.54) is 0 Å². The summed E-state index contributed by atoms with van der Waals surface area (Å²) in [6, 6.07) is -0.0121. The minimum Gasteiger partial charge on any atom is -0.481 e. The van der Waals surface area contributed by atoms with E-state index in [0.717, 1.165) is 6.42 Å². The van der Waals surface area contributed by atoms with Crippen LogP contribution >= 0.6 is 0 Å². The van der Waals surface area contributed by atoms with Crippen molar-refractivity contribution in [3.05, 3.63) is 0 Å². The zero-order chi connectivity index (χ0) is 15.7. The number of carboxylic acids is 1. The number of methoxy groups -OCH3 is 2. The van der Waals surface area contributed by atoms with Crippen molar-refractivity contribution >= 4 is 12.0 Å². The van der Waals surface area contributed by atoms with Gasteiger partial charge in [-0.1, -0.05) is 0 Å². The van der Waals surface area contributed by atoms with Crippen molar-refractivity contribution in [2.24, 2.45) is 5.92 Å². The Labute approximate surface area is 125 Å². The topological polar surface area (TPSA) is 79.3 Å². The Bertz CT molecular complexity index is 329. The number of aliphatic carboxylic acids is 1. The van der Waals surface area contributed by atoms with Gasteiger partial charge in [0, 0.05) is 46.8 Å². The van der Waals surface area contributed by atoms with Crippen molar-refractivity contribution in [2.75, 3.05) is 53.6 Å². The van der Waals surface area contributed by atoms with E-state index in [4.69, 9.17) is 14.6 Å². The third kappa shape index (κ3) is 6.31. The van der Waals surface area contributed by atoms with Crippen LogP contribution in [-0.2, 0) is 14.3 Å². The Balaban J connectivity index is 2.45. The lowest BCUT2D eigenvalue weighted by Crippen LogP contribution is -2.45. The van der Waals surface area contributed by atoms with Gasteiger partial charge in [0.25, 0.3) is 0 Å². The molecule has 1 heterocycles. The zero-order valence-electron chi connectivity index (χ0n) is 12.9. The average molecular weight is 302 g/mol. The molecule has 1 aliphatic heterocycles. The Morgan fingerprint density at radius 1 is 1.24 bits per heavy atom. The third-order valence-electron chi connectivity index (χ3n) is 3.72. The summed E-state index contributed by atoms with van der Waals surface area (Å²) in [6.07, 6.45) is 1.68. The van der Waals surface area contributed by atoms with Crippen LogP contribution in [0, 0.1) is 5.92 Å². The number of carbonyl (C=O) groups excluding carboxylic acids is 1. The van der Waals surface area contributed by atoms with Gasteiger partial charge in [-0.05, 0) is 18.8 Å². The van der Waals surface area contributed by atoms with Crippen molar-refractivity contribution in [2.45, 2.75) is 19.3 Å². The molecule has 0 bridgehead atoms. The lowest BCUT2D eigenvalue weighted by molar-refractivity contribution is -0.137. The van der Waals surface area contributed by atoms with Crippen LogP contribution in [0.1, 0.15) is 19.3 Å². The molecular formula is C14H26N2O5. The van der Waals surface area contributed by atoms with Crippen LogP contribution in [0.2, 0.25) is 0 Å². The summed E-state index contributed by atoms with van der Waals surface area (Å²) in [5, 5.41) is 8.71. The van der Waals surface area contributed by atoms with E-state index in [1.807, 2.05) is 0 Å². The van der Waals surface area contributed by atoms with Crippen molar-refractivity contribution in [1.29, 1.82) is 0 Å². The number of ether oxygens (including phenoxy) is 2. The highest BCUT2D eigenvalue weighted by atomic mass is 16.5. The number of hydrogen-bond donors (Lipinski definition) is 1. The number of carbonyl (C=O) groups is 2. The van der Waals surface area contributed by atoms with Crippen molar-refractivity contribution in [1.82, 2.24) is 9.80 Å². The van der Waals surface area contributed by atoms with E-state index in [0.29, 0.717) is 45.8 Å². The van der Waals surface area contributed by atoms with E-state index in [2.05, 4.69) is 0 Å². The third-order valence-corrected chi connectivity index (χ3v) is 3.72. The van der Waals surface area contributed by atoms with Gasteiger partial charge >= 0.3 is 12.0 Å². The molecule has 0 aromatic heterocycles. The molecule has 0 saturated carbocycles. The second-order valence-corrected chi connectivity index (χ2v) is 5.29. The van der Waals surface area contributed by atoms with Gasteiger partial charge in [-0.25, -0.2) is 4.79 Å². The second kappa shape index (κ2) is 9.57. The number of urea groups is 1. The van der Waals surface area contributed by atoms with Crippen molar-refractivity contribution in [3.8, 4) is 0 Å². The second-order valence-electron chi connectivity index (χ2n) is 5.29. The molecule has 0 aromatic carbocycles. The molecule has 1 atom stereocenters. The number of carboxylic acid groups (broad SMARTS) is 1. The van der Waals surface area contributed by atoms with E-state index >= 15 is 0 Å². The summed E-state index contributed by atoms with van der Waals surface area (Å²) in [5.41, 5.74) is 0. The standard InChI is InChI=1S/C14H26N2O5/c1-20-9-7-15(8-10-21-2)14(19)16-6-5-12(11-16)3-4-13(17)18/h12H,3-11H2,1-2H3,(H,17,18). The fraction of sp³-hybridized carbons (Fsp3) is 0.857. The van der Waals surface area contributed by atoms with E-state index in [9.17, 15) is 9.59 Å². The number of hydrogen-bond acceptors (Lipinski definition) is 4. The van der Waals surface area contributed by atoms with Crippen LogP contribution in [0.5, 0.6) is 0 Å². The maximum atomic E-state index is 12.5. The molecule has 7 heteroatoms. The quantitative estimate of drug-likeness (QED) is 0.684. The first kappa shape index (κ1) is 17.7. The molecule has 1 N–H and O–H groups in total. The Morgan fingerprint density at radius 3 is 2.38 bits per heavy atom. The first-order valence-corrected chi connectivity index (χ1v) is 7.32. The smallest absolute Gasteiger partial charge is 0.320 e. The first-order valence-electron chi connectivity index (χ1n) is 7.32. The van der Waals surface area contributed by atoms with Gasteiger partial charge in [0.15, 0.2) is 0 Å². The highest BCUT2D eigenvalue weighted by Crippen LogP contribution is 2.22. The minimum atomic E-state index is -0.776. The molecule has 1 fully saturated rings. The molecule has 1 unspecified atom stereocenters. The Hall–Kier alpha value is -1.34. The van der Waals surface area contributed by atoms with Crippen LogP contribution in [0.3, 0.4) is 0 Å². The van der Waals surface area contributed by atoms with E-state index in [-0.39, 0.29) is 18.4 Å². The summed E-state index contributed by atoms with van der Waals surface area (Å²) in [6.45, 7) is 3.39. The van der Waals surface area contributed by atoms with E-state index in [1.54, 1.807) is 24.0 Å². The van der Waals surface area contributed by atoms with Gasteiger partial charge in [0.1, 0.15) is 0 Å². The van der Waals surface area contributed by atoms with Crippen LogP contribution in [0.15, 0.2) is 0 Å². The summed E-state index contributed by atoms with van der Waals surface area (Å²) in [7, 11) is 3.22. The van der Waals surface area contributed by atoms with Crippen molar-refractivity contribution in [3.63, 3.8) is 0 Å². The fourth-order valence-corrected chi connectivity index (χ4v) is 2.48. The summed E-state index contributed by atoms with van der Waals surface area (Å²) in [5.74, 6) is -0.488. The SMILES string of the molecule is COCCN(CCOC)C(=O)N1CCC(CCC(=O)O)C1. The molecule has 1 rings (SSSR count). The van der Waals surface area contributed by atoms with Crippen LogP contribution < -0.4 is 0 Å². The normalized spacial score (nSPS) is 18.0. The monoisotopic (exact) mass is 302 g/mol. The average Bonchev–Trinajstić information content (AvgIpc) is 2.93. The van der Waals surface area contributed by atoms with Crippen LogP contribution in [-0.4, -0.2) is 80.5 Å². The van der Waals surface area contributed by atoms with E-state index < -0.39 is 5.97 Å². The lowest BCUT2D eigenvalue weighted by Gasteiger charge is -2.27. The molecular weight excluding hydrogens is 276 g/mol. The molecule has 0 aliphatic carbocycles. The minimum absolute atomic E-state index is 0.0121. The maximum absolute atomic E-state index is 12.5. The summed E-state index contributed by atoms with van der Waals surface area (Å²) < 4.78 is 10.1. The highest BCUT2D eigenvalue weighted by molar-refractivity contribution is 5.74. The predicted octanol–water partition coefficient (Wildman–Crippen LogP) is 0.888. The number of likely N-dealkylation sites (tertiary alicyclic amines) is 1. The van der Waals surface area contributed by atoms with Gasteiger partial charge in [-0.3, -0.25) is 4.79 Å². The molecule has 122 valence electrons. The fourth-order valence-electron chi connectivity index (χ4n) is 2.48. The first-order chi connectivity index (χ1) is 10.1. The zero-order valence-corrected chi connectivity index (χ0v) is 12.9. The lowest BCUT2D eigenvalue weighted by atomic mass is 10.0. The highest BCUT2D eigenvalue weighted by Gasteiger charge is 2.29. The molecule has 0 radical (unpaired) electrons. The van der Waals surface area contributed by atoms with Crippen molar-refractivity contribution < 1.29 is 24.2 Å². The molecule has 1 aliphatic rings. The number of amides is 2. The largest absolute Gasteiger partial charge is 0.481 e. The predicted molar refractivity (Wildman–Crippen MR) is 77.3 cm³/mol. The molecule has 7 nitrogen and oxygen atoms in total. The van der Waals surface area contributed by atoms with Gasteiger partial charge in [-0.2, -0.15) is 0 Å². The maximum Gasteiger partial charge on any atom is 0.320 e. The van der Waals surface area contributed by atoms with Gasteiger partial charge in [0.2, 0.25) is 0 Å². The van der Waals surface area contributed by atoms with Gasteiger partial charge < -0.3 is 24.4 Å². The molecule has 0 aromatic rings. The summed E-state index contributed by atoms with van der Waals surface area (Å²) in [4.78, 5) is 26.6.